The lowest BCUT2D eigenvalue weighted by Gasteiger charge is -2.19. The summed E-state index contributed by atoms with van der Waals surface area (Å²) in [6.07, 6.45) is 2.08. The predicted octanol–water partition coefficient (Wildman–Crippen LogP) is 3.13. The summed E-state index contributed by atoms with van der Waals surface area (Å²) in [4.78, 5) is 12.6. The fraction of sp³-hybridized carbons (Fsp3) is 0.412. The van der Waals surface area contributed by atoms with Crippen LogP contribution in [0, 0.1) is 6.92 Å². The number of ether oxygens (including phenoxy) is 1. The van der Waals surface area contributed by atoms with Gasteiger partial charge in [-0.05, 0) is 38.8 Å². The monoisotopic (exact) mass is 333 g/mol. The lowest BCUT2D eigenvalue weighted by atomic mass is 10.1. The van der Waals surface area contributed by atoms with Gasteiger partial charge in [0.1, 0.15) is 5.15 Å². The molecule has 2 heterocycles. The van der Waals surface area contributed by atoms with Crippen molar-refractivity contribution in [1.29, 1.82) is 0 Å². The Morgan fingerprint density at radius 3 is 2.83 bits per heavy atom. The summed E-state index contributed by atoms with van der Waals surface area (Å²) in [6.45, 7) is 4.51. The molecule has 2 aromatic rings. The molecule has 0 saturated carbocycles. The molecule has 3 rings (SSSR count). The number of halogens is 1. The Bertz CT molecular complexity index is 693. The normalized spacial score (nSPS) is 18.8. The molecule has 1 aromatic carbocycles. The molecule has 1 aliphatic rings. The van der Waals surface area contributed by atoms with Crippen molar-refractivity contribution >= 4 is 17.5 Å². The maximum Gasteiger partial charge on any atom is 0.256 e. The van der Waals surface area contributed by atoms with Crippen LogP contribution in [0.25, 0.3) is 5.69 Å². The van der Waals surface area contributed by atoms with Crippen molar-refractivity contribution in [2.75, 3.05) is 6.61 Å². The second-order valence-corrected chi connectivity index (χ2v) is 6.17. The molecule has 0 unspecified atom stereocenters. The van der Waals surface area contributed by atoms with E-state index in [1.54, 1.807) is 11.6 Å². The van der Waals surface area contributed by atoms with Gasteiger partial charge in [0.15, 0.2) is 0 Å². The molecule has 1 fully saturated rings. The molecule has 1 aliphatic heterocycles. The Hall–Kier alpha value is -1.85. The van der Waals surface area contributed by atoms with E-state index < -0.39 is 0 Å². The quantitative estimate of drug-likeness (QED) is 0.935. The number of nitrogens with zero attached hydrogens (tertiary/aromatic N) is 2. The van der Waals surface area contributed by atoms with Crippen molar-refractivity contribution in [1.82, 2.24) is 15.1 Å². The number of amides is 1. The average molecular weight is 334 g/mol. The minimum absolute atomic E-state index is 0.0551. The summed E-state index contributed by atoms with van der Waals surface area (Å²) < 4.78 is 7.20. The third-order valence-corrected chi connectivity index (χ3v) is 4.46. The highest BCUT2D eigenvalue weighted by Gasteiger charge is 2.27. The van der Waals surface area contributed by atoms with Crippen LogP contribution in [0.3, 0.4) is 0 Å². The van der Waals surface area contributed by atoms with Gasteiger partial charge in [-0.3, -0.25) is 4.79 Å². The molecule has 1 aromatic heterocycles. The molecular weight excluding hydrogens is 314 g/mol. The van der Waals surface area contributed by atoms with Gasteiger partial charge in [-0.1, -0.05) is 29.8 Å². The Balaban J connectivity index is 1.82. The number of aryl methyl sites for hydroxylation is 1. The summed E-state index contributed by atoms with van der Waals surface area (Å²) in [5.74, 6) is -0.210. The van der Waals surface area contributed by atoms with Gasteiger partial charge in [0, 0.05) is 6.61 Å². The standard InChI is InChI=1S/C17H20ClN3O2/c1-11(14-9-6-10-23-14)19-17(22)15-12(2)20-21(16(15)18)13-7-4-3-5-8-13/h3-5,7-8,11,14H,6,9-10H2,1-2H3,(H,19,22)/t11-,14-/m0/s1. The van der Waals surface area contributed by atoms with Crippen molar-refractivity contribution in [3.63, 3.8) is 0 Å². The van der Waals surface area contributed by atoms with Crippen molar-refractivity contribution in [3.8, 4) is 5.69 Å². The van der Waals surface area contributed by atoms with E-state index in [2.05, 4.69) is 10.4 Å². The first kappa shape index (κ1) is 16.0. The van der Waals surface area contributed by atoms with Crippen LogP contribution >= 0.6 is 11.6 Å². The molecule has 1 N–H and O–H groups in total. The van der Waals surface area contributed by atoms with Crippen LogP contribution in [0.15, 0.2) is 30.3 Å². The second-order valence-electron chi connectivity index (χ2n) is 5.81. The Labute approximate surface area is 140 Å². The topological polar surface area (TPSA) is 56.2 Å². The van der Waals surface area contributed by atoms with Crippen molar-refractivity contribution in [3.05, 3.63) is 46.7 Å². The zero-order valence-corrected chi connectivity index (χ0v) is 14.0. The molecule has 0 radical (unpaired) electrons. The first-order valence-corrected chi connectivity index (χ1v) is 8.18. The number of hydrogen-bond donors (Lipinski definition) is 1. The zero-order chi connectivity index (χ0) is 16.4. The third-order valence-electron chi connectivity index (χ3n) is 4.11. The smallest absolute Gasteiger partial charge is 0.256 e. The first-order valence-electron chi connectivity index (χ1n) is 7.81. The minimum Gasteiger partial charge on any atom is -0.376 e. The highest BCUT2D eigenvalue weighted by atomic mass is 35.5. The summed E-state index contributed by atoms with van der Waals surface area (Å²) in [6, 6.07) is 9.47. The number of para-hydroxylation sites is 1. The maximum absolute atomic E-state index is 12.6. The summed E-state index contributed by atoms with van der Waals surface area (Å²) >= 11 is 6.41. The molecule has 0 aliphatic carbocycles. The van der Waals surface area contributed by atoms with E-state index in [0.29, 0.717) is 16.4 Å². The van der Waals surface area contributed by atoms with Gasteiger partial charge in [-0.15, -0.1) is 0 Å². The Kier molecular flexibility index (Phi) is 4.68. The zero-order valence-electron chi connectivity index (χ0n) is 13.3. The minimum atomic E-state index is -0.210. The van der Waals surface area contributed by atoms with E-state index in [4.69, 9.17) is 16.3 Å². The Morgan fingerprint density at radius 2 is 2.17 bits per heavy atom. The van der Waals surface area contributed by atoms with Crippen LogP contribution < -0.4 is 5.32 Å². The summed E-state index contributed by atoms with van der Waals surface area (Å²) in [7, 11) is 0. The van der Waals surface area contributed by atoms with E-state index in [0.717, 1.165) is 25.1 Å². The number of benzene rings is 1. The van der Waals surface area contributed by atoms with Crippen LogP contribution in [-0.2, 0) is 4.74 Å². The van der Waals surface area contributed by atoms with Gasteiger partial charge in [0.2, 0.25) is 0 Å². The molecule has 2 atom stereocenters. The van der Waals surface area contributed by atoms with Gasteiger partial charge >= 0.3 is 0 Å². The highest BCUT2D eigenvalue weighted by Crippen LogP contribution is 2.24. The van der Waals surface area contributed by atoms with Gasteiger partial charge in [0.05, 0.1) is 29.1 Å². The fourth-order valence-corrected chi connectivity index (χ4v) is 3.22. The van der Waals surface area contributed by atoms with E-state index in [1.165, 1.54) is 0 Å². The van der Waals surface area contributed by atoms with Gasteiger partial charge in [-0.25, -0.2) is 4.68 Å². The molecular formula is C17H20ClN3O2. The van der Waals surface area contributed by atoms with E-state index >= 15 is 0 Å². The lowest BCUT2D eigenvalue weighted by molar-refractivity contribution is 0.0712. The predicted molar refractivity (Wildman–Crippen MR) is 89.2 cm³/mol. The largest absolute Gasteiger partial charge is 0.376 e. The van der Waals surface area contributed by atoms with Crippen molar-refractivity contribution in [2.24, 2.45) is 0 Å². The van der Waals surface area contributed by atoms with E-state index in [-0.39, 0.29) is 18.1 Å². The molecule has 23 heavy (non-hydrogen) atoms. The van der Waals surface area contributed by atoms with Gasteiger partial charge in [-0.2, -0.15) is 5.10 Å². The maximum atomic E-state index is 12.6. The molecule has 1 saturated heterocycles. The van der Waals surface area contributed by atoms with Crippen LogP contribution in [0.5, 0.6) is 0 Å². The third kappa shape index (κ3) is 3.26. The number of aromatic nitrogens is 2. The van der Waals surface area contributed by atoms with Crippen LogP contribution in [0.1, 0.15) is 35.8 Å². The molecule has 1 amide bonds. The molecule has 122 valence electrons. The first-order chi connectivity index (χ1) is 11.1. The molecule has 6 heteroatoms. The van der Waals surface area contributed by atoms with E-state index in [1.807, 2.05) is 37.3 Å². The number of nitrogens with one attached hydrogen (secondary N) is 1. The summed E-state index contributed by atoms with van der Waals surface area (Å²) in [5, 5.41) is 7.71. The van der Waals surface area contributed by atoms with E-state index in [9.17, 15) is 4.79 Å². The Morgan fingerprint density at radius 1 is 1.43 bits per heavy atom. The van der Waals surface area contributed by atoms with Crippen LogP contribution in [0.2, 0.25) is 5.15 Å². The second kappa shape index (κ2) is 6.72. The fourth-order valence-electron chi connectivity index (χ4n) is 2.87. The molecule has 0 bridgehead atoms. The summed E-state index contributed by atoms with van der Waals surface area (Å²) in [5.41, 5.74) is 1.85. The molecule has 5 nitrogen and oxygen atoms in total. The number of hydrogen-bond acceptors (Lipinski definition) is 3. The van der Waals surface area contributed by atoms with Gasteiger partial charge in [0.25, 0.3) is 5.91 Å². The van der Waals surface area contributed by atoms with Crippen molar-refractivity contribution in [2.45, 2.75) is 38.8 Å². The van der Waals surface area contributed by atoms with Crippen molar-refractivity contribution < 1.29 is 9.53 Å². The highest BCUT2D eigenvalue weighted by molar-refractivity contribution is 6.33. The SMILES string of the molecule is Cc1nn(-c2ccccc2)c(Cl)c1C(=O)N[C@@H](C)[C@@H]1CCCO1. The average Bonchev–Trinajstić information content (AvgIpc) is 3.16. The van der Waals surface area contributed by atoms with Gasteiger partial charge < -0.3 is 10.1 Å². The number of carbonyl (C=O) groups excluding carboxylic acids is 1. The number of rotatable bonds is 4. The van der Waals surface area contributed by atoms with Crippen LogP contribution in [-0.4, -0.2) is 34.4 Å². The lowest BCUT2D eigenvalue weighted by Crippen LogP contribution is -2.41. The number of carbonyl (C=O) groups is 1. The molecule has 0 spiro atoms. The van der Waals surface area contributed by atoms with Crippen LogP contribution in [0.4, 0.5) is 0 Å².